The minimum Gasteiger partial charge on any atom is -0.495 e. The lowest BCUT2D eigenvalue weighted by molar-refractivity contribution is -0.118. The van der Waals surface area contributed by atoms with E-state index >= 15 is 0 Å². The number of benzene rings is 2. The number of carbonyl (C=O) groups is 1. The number of rotatable bonds is 5. The first-order chi connectivity index (χ1) is 10.1. The molecule has 0 aliphatic heterocycles. The van der Waals surface area contributed by atoms with Crippen LogP contribution in [0.3, 0.4) is 0 Å². The molecular weight excluding hydrogens is 264 g/mol. The summed E-state index contributed by atoms with van der Waals surface area (Å²) in [6.45, 7) is 0. The van der Waals surface area contributed by atoms with E-state index in [1.807, 2.05) is 48.5 Å². The van der Waals surface area contributed by atoms with Crippen LogP contribution in [0.2, 0.25) is 0 Å². The van der Waals surface area contributed by atoms with E-state index in [1.54, 1.807) is 19.1 Å². The highest BCUT2D eigenvalue weighted by molar-refractivity contribution is 5.94. The smallest absolute Gasteiger partial charge is 0.227 e. The van der Waals surface area contributed by atoms with Crippen LogP contribution in [0.1, 0.15) is 12.0 Å². The van der Waals surface area contributed by atoms with Crippen molar-refractivity contribution in [3.63, 3.8) is 0 Å². The van der Waals surface area contributed by atoms with Crippen molar-refractivity contribution in [2.75, 3.05) is 24.8 Å². The van der Waals surface area contributed by atoms with Gasteiger partial charge in [0.2, 0.25) is 5.91 Å². The molecule has 0 heterocycles. The standard InChI is InChI=1S/C17H20N2O2/c1-19(15-9-5-6-10-16(15)21-2)17(20)12-11-13-7-3-4-8-14(13)18/h3-10H,11-12,18H2,1-2H3. The first-order valence-corrected chi connectivity index (χ1v) is 6.86. The van der Waals surface area contributed by atoms with Crippen molar-refractivity contribution in [2.45, 2.75) is 12.8 Å². The lowest BCUT2D eigenvalue weighted by Crippen LogP contribution is -2.26. The number of anilines is 2. The summed E-state index contributed by atoms with van der Waals surface area (Å²) in [5.74, 6) is 0.718. The predicted molar refractivity (Wildman–Crippen MR) is 85.6 cm³/mol. The zero-order valence-electron chi connectivity index (χ0n) is 12.4. The van der Waals surface area contributed by atoms with Crippen LogP contribution >= 0.6 is 0 Å². The van der Waals surface area contributed by atoms with Crippen LogP contribution in [0.5, 0.6) is 5.75 Å². The highest BCUT2D eigenvalue weighted by Crippen LogP contribution is 2.27. The van der Waals surface area contributed by atoms with Gasteiger partial charge in [0.15, 0.2) is 0 Å². The third-order valence-corrected chi connectivity index (χ3v) is 3.48. The third-order valence-electron chi connectivity index (χ3n) is 3.48. The maximum Gasteiger partial charge on any atom is 0.227 e. The zero-order valence-corrected chi connectivity index (χ0v) is 12.4. The van der Waals surface area contributed by atoms with E-state index in [0.717, 1.165) is 16.9 Å². The van der Waals surface area contributed by atoms with Gasteiger partial charge in [-0.1, -0.05) is 30.3 Å². The molecule has 4 heteroatoms. The van der Waals surface area contributed by atoms with Crippen molar-refractivity contribution in [3.05, 3.63) is 54.1 Å². The molecule has 0 radical (unpaired) electrons. The highest BCUT2D eigenvalue weighted by atomic mass is 16.5. The molecule has 0 aliphatic rings. The van der Waals surface area contributed by atoms with E-state index in [4.69, 9.17) is 10.5 Å². The van der Waals surface area contributed by atoms with Gasteiger partial charge in [0, 0.05) is 19.2 Å². The van der Waals surface area contributed by atoms with Gasteiger partial charge < -0.3 is 15.4 Å². The van der Waals surface area contributed by atoms with Gasteiger partial charge in [-0.25, -0.2) is 0 Å². The van der Waals surface area contributed by atoms with Gasteiger partial charge in [0.25, 0.3) is 0 Å². The molecule has 4 nitrogen and oxygen atoms in total. The van der Waals surface area contributed by atoms with E-state index in [1.165, 1.54) is 0 Å². The first-order valence-electron chi connectivity index (χ1n) is 6.86. The first kappa shape index (κ1) is 14.9. The number of carbonyl (C=O) groups excluding carboxylic acids is 1. The molecule has 0 aliphatic carbocycles. The van der Waals surface area contributed by atoms with Crippen molar-refractivity contribution < 1.29 is 9.53 Å². The molecule has 1 amide bonds. The quantitative estimate of drug-likeness (QED) is 0.859. The van der Waals surface area contributed by atoms with Gasteiger partial charge in [-0.3, -0.25) is 4.79 Å². The topological polar surface area (TPSA) is 55.6 Å². The maximum absolute atomic E-state index is 12.3. The Kier molecular flexibility index (Phi) is 4.82. The molecule has 0 unspecified atom stereocenters. The lowest BCUT2D eigenvalue weighted by atomic mass is 10.1. The Balaban J connectivity index is 2.05. The van der Waals surface area contributed by atoms with Crippen molar-refractivity contribution in [1.29, 1.82) is 0 Å². The molecular formula is C17H20N2O2. The Morgan fingerprint density at radius 3 is 2.52 bits per heavy atom. The van der Waals surface area contributed by atoms with Gasteiger partial charge in [-0.2, -0.15) is 0 Å². The molecule has 0 saturated carbocycles. The van der Waals surface area contributed by atoms with Gasteiger partial charge in [-0.15, -0.1) is 0 Å². The minimum atomic E-state index is 0.0303. The fraction of sp³-hybridized carbons (Fsp3) is 0.235. The van der Waals surface area contributed by atoms with Crippen LogP contribution in [-0.4, -0.2) is 20.1 Å². The zero-order chi connectivity index (χ0) is 15.2. The molecule has 2 rings (SSSR count). The van der Waals surface area contributed by atoms with Gasteiger partial charge in [0.05, 0.1) is 12.8 Å². The van der Waals surface area contributed by atoms with E-state index in [2.05, 4.69) is 0 Å². The lowest BCUT2D eigenvalue weighted by Gasteiger charge is -2.20. The second-order valence-electron chi connectivity index (χ2n) is 4.82. The summed E-state index contributed by atoms with van der Waals surface area (Å²) in [6.07, 6.45) is 1.04. The largest absolute Gasteiger partial charge is 0.495 e. The summed E-state index contributed by atoms with van der Waals surface area (Å²) in [7, 11) is 3.36. The van der Waals surface area contributed by atoms with Crippen LogP contribution in [0.4, 0.5) is 11.4 Å². The van der Waals surface area contributed by atoms with Crippen molar-refractivity contribution in [3.8, 4) is 5.75 Å². The Bertz CT molecular complexity index is 626. The van der Waals surface area contributed by atoms with Crippen LogP contribution in [-0.2, 0) is 11.2 Å². The Morgan fingerprint density at radius 1 is 1.14 bits per heavy atom. The van der Waals surface area contributed by atoms with Crippen molar-refractivity contribution >= 4 is 17.3 Å². The molecule has 21 heavy (non-hydrogen) atoms. The molecule has 0 bridgehead atoms. The minimum absolute atomic E-state index is 0.0303. The summed E-state index contributed by atoms with van der Waals surface area (Å²) in [4.78, 5) is 13.9. The maximum atomic E-state index is 12.3. The summed E-state index contributed by atoms with van der Waals surface area (Å²) in [6, 6.07) is 15.1. The van der Waals surface area contributed by atoms with Gasteiger partial charge in [-0.05, 0) is 30.2 Å². The Morgan fingerprint density at radius 2 is 1.81 bits per heavy atom. The molecule has 0 atom stereocenters. The van der Waals surface area contributed by atoms with Crippen LogP contribution in [0.25, 0.3) is 0 Å². The number of methoxy groups -OCH3 is 1. The number of para-hydroxylation sites is 3. The number of ether oxygens (including phenoxy) is 1. The van der Waals surface area contributed by atoms with E-state index < -0.39 is 0 Å². The van der Waals surface area contributed by atoms with E-state index in [-0.39, 0.29) is 5.91 Å². The second-order valence-corrected chi connectivity index (χ2v) is 4.82. The second kappa shape index (κ2) is 6.79. The summed E-state index contributed by atoms with van der Waals surface area (Å²) in [5, 5.41) is 0. The van der Waals surface area contributed by atoms with Crippen molar-refractivity contribution in [1.82, 2.24) is 0 Å². The van der Waals surface area contributed by atoms with Crippen LogP contribution in [0, 0.1) is 0 Å². The molecule has 2 aromatic rings. The summed E-state index contributed by atoms with van der Waals surface area (Å²) < 4.78 is 5.28. The van der Waals surface area contributed by atoms with Crippen LogP contribution in [0.15, 0.2) is 48.5 Å². The number of amides is 1. The Labute approximate surface area is 125 Å². The fourth-order valence-electron chi connectivity index (χ4n) is 2.21. The molecule has 110 valence electrons. The number of hydrogen-bond donors (Lipinski definition) is 1. The summed E-state index contributed by atoms with van der Waals surface area (Å²) in [5.41, 5.74) is 8.39. The summed E-state index contributed by atoms with van der Waals surface area (Å²) >= 11 is 0. The molecule has 0 spiro atoms. The number of nitrogen functional groups attached to an aromatic ring is 1. The average molecular weight is 284 g/mol. The molecule has 0 aromatic heterocycles. The monoisotopic (exact) mass is 284 g/mol. The number of hydrogen-bond acceptors (Lipinski definition) is 3. The third kappa shape index (κ3) is 3.54. The molecule has 2 aromatic carbocycles. The normalized spacial score (nSPS) is 10.2. The molecule has 2 N–H and O–H groups in total. The highest BCUT2D eigenvalue weighted by Gasteiger charge is 2.15. The van der Waals surface area contributed by atoms with Gasteiger partial charge in [0.1, 0.15) is 5.75 Å². The van der Waals surface area contributed by atoms with E-state index in [9.17, 15) is 4.79 Å². The molecule has 0 saturated heterocycles. The van der Waals surface area contributed by atoms with Gasteiger partial charge >= 0.3 is 0 Å². The van der Waals surface area contributed by atoms with Crippen molar-refractivity contribution in [2.24, 2.45) is 0 Å². The number of nitrogens with zero attached hydrogens (tertiary/aromatic N) is 1. The Hall–Kier alpha value is -2.49. The van der Waals surface area contributed by atoms with E-state index in [0.29, 0.717) is 18.6 Å². The SMILES string of the molecule is COc1ccccc1N(C)C(=O)CCc1ccccc1N. The molecule has 0 fully saturated rings. The number of nitrogens with two attached hydrogens (primary N) is 1. The predicted octanol–water partition coefficient (Wildman–Crippen LogP) is 2.87. The number of aryl methyl sites for hydroxylation is 1. The average Bonchev–Trinajstić information content (AvgIpc) is 2.53. The fourth-order valence-corrected chi connectivity index (χ4v) is 2.21. The van der Waals surface area contributed by atoms with Crippen LogP contribution < -0.4 is 15.4 Å².